The Morgan fingerprint density at radius 1 is 0.857 bits per heavy atom. The Bertz CT molecular complexity index is 372. The van der Waals surface area contributed by atoms with E-state index in [1.54, 1.807) is 0 Å². The second-order valence-electron chi connectivity index (χ2n) is 6.32. The standard InChI is InChI=1S/C11H10Cl2O/c12-10-6-2-1-3-5-4(2)8(10)9(5)11(13,14-10)7(3)6/h2-9H,1H2/t2-,3-,4+,5+,6-,7+,8+,9+,10-,11-/m0/s1. The van der Waals surface area contributed by atoms with Gasteiger partial charge in [0.1, 0.15) is 0 Å². The minimum absolute atomic E-state index is 0.311. The molecule has 0 aromatic carbocycles. The van der Waals surface area contributed by atoms with E-state index in [-0.39, 0.29) is 10.1 Å². The molecule has 3 heteroatoms. The van der Waals surface area contributed by atoms with Gasteiger partial charge in [0.25, 0.3) is 0 Å². The third-order valence-corrected chi connectivity index (χ3v) is 7.80. The number of rotatable bonds is 0. The Morgan fingerprint density at radius 3 is 1.86 bits per heavy atom. The van der Waals surface area contributed by atoms with Crippen molar-refractivity contribution in [1.29, 1.82) is 0 Å². The molecule has 2 heterocycles. The molecule has 5 saturated carbocycles. The summed E-state index contributed by atoms with van der Waals surface area (Å²) in [5.41, 5.74) is 0. The van der Waals surface area contributed by atoms with Crippen LogP contribution in [0.1, 0.15) is 6.42 Å². The topological polar surface area (TPSA) is 9.23 Å². The first-order valence-electron chi connectivity index (χ1n) is 5.76. The highest BCUT2D eigenvalue weighted by Gasteiger charge is 2.97. The summed E-state index contributed by atoms with van der Waals surface area (Å²) in [7, 11) is 0. The zero-order valence-corrected chi connectivity index (χ0v) is 9.00. The van der Waals surface area contributed by atoms with Crippen LogP contribution in [0.5, 0.6) is 0 Å². The second-order valence-corrected chi connectivity index (χ2v) is 7.50. The third-order valence-electron chi connectivity index (χ3n) is 6.63. The average Bonchev–Trinajstić information content (AvgIpc) is 2.60. The van der Waals surface area contributed by atoms with Gasteiger partial charge in [0.2, 0.25) is 0 Å². The smallest absolute Gasteiger partial charge is 0.151 e. The first kappa shape index (κ1) is 6.98. The van der Waals surface area contributed by atoms with Gasteiger partial charge in [-0.3, -0.25) is 0 Å². The molecule has 7 aliphatic rings. The fourth-order valence-corrected chi connectivity index (χ4v) is 8.35. The first-order chi connectivity index (χ1) is 6.68. The second kappa shape index (κ2) is 1.43. The summed E-state index contributed by atoms with van der Waals surface area (Å²) >= 11 is 13.4. The van der Waals surface area contributed by atoms with Gasteiger partial charge in [-0.05, 0) is 30.1 Å². The summed E-state index contributed by atoms with van der Waals surface area (Å²) < 4.78 is 6.07. The van der Waals surface area contributed by atoms with Gasteiger partial charge in [0, 0.05) is 23.7 Å². The number of hydrogen-bond acceptors (Lipinski definition) is 1. The lowest BCUT2D eigenvalue weighted by Gasteiger charge is -2.45. The molecule has 74 valence electrons. The summed E-state index contributed by atoms with van der Waals surface area (Å²) in [6, 6.07) is 0. The average molecular weight is 229 g/mol. The number of alkyl halides is 2. The van der Waals surface area contributed by atoms with Gasteiger partial charge in [-0.15, -0.1) is 0 Å². The molecule has 2 aliphatic heterocycles. The summed E-state index contributed by atoms with van der Waals surface area (Å²) in [4.78, 5) is 0. The van der Waals surface area contributed by atoms with Crippen molar-refractivity contribution in [1.82, 2.24) is 0 Å². The van der Waals surface area contributed by atoms with Gasteiger partial charge in [-0.1, -0.05) is 23.2 Å². The van der Waals surface area contributed by atoms with Crippen LogP contribution >= 0.6 is 23.2 Å². The largest absolute Gasteiger partial charge is 0.337 e. The van der Waals surface area contributed by atoms with Crippen molar-refractivity contribution in [3.05, 3.63) is 0 Å². The highest BCUT2D eigenvalue weighted by Crippen LogP contribution is 2.94. The Morgan fingerprint density at radius 2 is 1.36 bits per heavy atom. The van der Waals surface area contributed by atoms with Gasteiger partial charge in [0.15, 0.2) is 10.1 Å². The van der Waals surface area contributed by atoms with Crippen LogP contribution in [0.4, 0.5) is 0 Å². The molecule has 14 heavy (non-hydrogen) atoms. The minimum Gasteiger partial charge on any atom is -0.337 e. The molecular weight excluding hydrogens is 219 g/mol. The molecule has 0 aromatic rings. The molecule has 2 saturated heterocycles. The molecule has 1 nitrogen and oxygen atoms in total. The fourth-order valence-electron chi connectivity index (χ4n) is 6.89. The zero-order chi connectivity index (χ0) is 9.03. The van der Waals surface area contributed by atoms with E-state index in [1.807, 2.05) is 0 Å². The van der Waals surface area contributed by atoms with E-state index >= 15 is 0 Å². The van der Waals surface area contributed by atoms with E-state index in [0.29, 0.717) is 23.7 Å². The molecule has 7 rings (SSSR count). The van der Waals surface area contributed by atoms with Crippen LogP contribution in [0, 0.1) is 47.3 Å². The minimum atomic E-state index is -0.311. The Hall–Kier alpha value is 0.540. The molecule has 0 unspecified atom stereocenters. The predicted molar refractivity (Wildman–Crippen MR) is 50.8 cm³/mol. The summed E-state index contributed by atoms with van der Waals surface area (Å²) in [5, 5.41) is -0.623. The first-order valence-corrected chi connectivity index (χ1v) is 6.51. The van der Waals surface area contributed by atoms with Crippen molar-refractivity contribution in [2.45, 2.75) is 16.5 Å². The molecule has 7 fully saturated rings. The molecule has 0 N–H and O–H groups in total. The Kier molecular flexibility index (Phi) is 0.715. The summed E-state index contributed by atoms with van der Waals surface area (Å²) in [5.74, 6) is 6.09. The van der Waals surface area contributed by atoms with Crippen molar-refractivity contribution < 1.29 is 4.74 Å². The van der Waals surface area contributed by atoms with Crippen LogP contribution in [0.3, 0.4) is 0 Å². The lowest BCUT2D eigenvalue weighted by Crippen LogP contribution is -2.48. The van der Waals surface area contributed by atoms with Gasteiger partial charge in [-0.25, -0.2) is 0 Å². The van der Waals surface area contributed by atoms with Crippen molar-refractivity contribution in [3.63, 3.8) is 0 Å². The molecular formula is C11H10Cl2O. The van der Waals surface area contributed by atoms with Crippen molar-refractivity contribution in [2.75, 3.05) is 0 Å². The van der Waals surface area contributed by atoms with Crippen molar-refractivity contribution >= 4 is 23.2 Å². The van der Waals surface area contributed by atoms with Gasteiger partial charge < -0.3 is 4.74 Å². The Balaban J connectivity index is 1.83. The van der Waals surface area contributed by atoms with Gasteiger partial charge >= 0.3 is 0 Å². The monoisotopic (exact) mass is 228 g/mol. The fraction of sp³-hybridized carbons (Fsp3) is 1.00. The SMILES string of the molecule is Cl[C@@]12O[C@]3(Cl)[C@@H]4[C@@H]5[C@@H]6C[C@@H]([C@H]5[C@H]41)[C@@H]2[C@H]63. The van der Waals surface area contributed by atoms with E-state index < -0.39 is 0 Å². The van der Waals surface area contributed by atoms with Crippen LogP contribution in [0.15, 0.2) is 0 Å². The van der Waals surface area contributed by atoms with E-state index in [2.05, 4.69) is 0 Å². The van der Waals surface area contributed by atoms with Gasteiger partial charge in [0.05, 0.1) is 0 Å². The maximum Gasteiger partial charge on any atom is 0.151 e. The molecule has 5 aliphatic carbocycles. The van der Waals surface area contributed by atoms with Gasteiger partial charge in [-0.2, -0.15) is 0 Å². The summed E-state index contributed by atoms with van der Waals surface area (Å²) in [6.45, 7) is 0. The number of ether oxygens (including phenoxy) is 1. The van der Waals surface area contributed by atoms with Crippen LogP contribution < -0.4 is 0 Å². The lowest BCUT2D eigenvalue weighted by molar-refractivity contribution is 0.0237. The molecule has 0 amide bonds. The van der Waals surface area contributed by atoms with Crippen LogP contribution in [0.25, 0.3) is 0 Å². The van der Waals surface area contributed by atoms with E-state index in [4.69, 9.17) is 27.9 Å². The molecule has 0 radical (unpaired) electrons. The Labute approximate surface area is 92.1 Å². The summed E-state index contributed by atoms with van der Waals surface area (Å²) in [6.07, 6.45) is 1.42. The van der Waals surface area contributed by atoms with E-state index in [0.717, 1.165) is 23.7 Å². The normalized spacial score (nSPS) is 93.0. The van der Waals surface area contributed by atoms with Crippen molar-refractivity contribution in [2.24, 2.45) is 47.3 Å². The molecule has 0 aromatic heterocycles. The van der Waals surface area contributed by atoms with Crippen molar-refractivity contribution in [3.8, 4) is 0 Å². The van der Waals surface area contributed by atoms with Crippen LogP contribution in [0.2, 0.25) is 0 Å². The lowest BCUT2D eigenvalue weighted by atomic mass is 9.60. The highest BCUT2D eigenvalue weighted by atomic mass is 35.5. The quantitative estimate of drug-likeness (QED) is 0.579. The zero-order valence-electron chi connectivity index (χ0n) is 7.49. The van der Waals surface area contributed by atoms with Crippen LogP contribution in [-0.2, 0) is 4.74 Å². The molecule has 4 bridgehead atoms. The predicted octanol–water partition coefficient (Wildman–Crippen LogP) is 2.27. The number of hydrogen-bond donors (Lipinski definition) is 0. The van der Waals surface area contributed by atoms with Crippen LogP contribution in [-0.4, -0.2) is 10.1 Å². The molecule has 0 spiro atoms. The molecule has 10 atom stereocenters. The number of halogens is 2. The third kappa shape index (κ3) is 0.336. The maximum atomic E-state index is 6.71. The highest BCUT2D eigenvalue weighted by molar-refractivity contribution is 6.29. The van der Waals surface area contributed by atoms with E-state index in [1.165, 1.54) is 6.42 Å². The maximum absolute atomic E-state index is 6.71. The van der Waals surface area contributed by atoms with E-state index in [9.17, 15) is 0 Å².